The molecule has 0 spiro atoms. The number of sulfonamides is 1. The molecule has 1 aromatic heterocycles. The molecule has 0 saturated carbocycles. The maximum absolute atomic E-state index is 13.3. The number of carboxylic acids is 1. The Kier molecular flexibility index (Phi) is 4.10. The molecule has 21 heavy (non-hydrogen) atoms. The number of nitrogens with one attached hydrogen (secondary N) is 1. The highest BCUT2D eigenvalue weighted by Gasteiger charge is 2.19. The van der Waals surface area contributed by atoms with E-state index in [2.05, 4.69) is 9.71 Å². The molecule has 2 aromatic rings. The lowest BCUT2D eigenvalue weighted by atomic mass is 10.2. The van der Waals surface area contributed by atoms with Crippen LogP contribution in [0.3, 0.4) is 0 Å². The Bertz CT molecular complexity index is 811. The summed E-state index contributed by atoms with van der Waals surface area (Å²) in [4.78, 5) is 14.1. The van der Waals surface area contributed by atoms with Gasteiger partial charge in [-0.1, -0.05) is 11.6 Å². The number of carbonyl (C=O) groups is 1. The van der Waals surface area contributed by atoms with Gasteiger partial charge >= 0.3 is 5.97 Å². The van der Waals surface area contributed by atoms with E-state index in [4.69, 9.17) is 16.7 Å². The third kappa shape index (κ3) is 3.47. The number of halogens is 2. The second kappa shape index (κ2) is 5.66. The highest BCUT2D eigenvalue weighted by Crippen LogP contribution is 2.20. The number of carboxylic acid groups (broad SMARTS) is 1. The number of nitrogens with zero attached hydrogens (tertiary/aromatic N) is 1. The fourth-order valence-corrected chi connectivity index (χ4v) is 2.76. The molecule has 0 radical (unpaired) electrons. The Labute approximate surface area is 124 Å². The summed E-state index contributed by atoms with van der Waals surface area (Å²) in [5.74, 6) is -2.58. The first-order valence-electron chi connectivity index (χ1n) is 5.47. The number of hydrogen-bond donors (Lipinski definition) is 2. The van der Waals surface area contributed by atoms with E-state index in [0.29, 0.717) is 0 Å². The topological polar surface area (TPSA) is 96.4 Å². The quantitative estimate of drug-likeness (QED) is 0.839. The van der Waals surface area contributed by atoms with Crippen molar-refractivity contribution < 1.29 is 22.7 Å². The fraction of sp³-hybridized carbons (Fsp3) is 0. The Morgan fingerprint density at radius 2 is 2.00 bits per heavy atom. The molecule has 0 bridgehead atoms. The summed E-state index contributed by atoms with van der Waals surface area (Å²) >= 11 is 5.63. The van der Waals surface area contributed by atoms with Crippen LogP contribution in [0.25, 0.3) is 0 Å². The van der Waals surface area contributed by atoms with Crippen LogP contribution in [0.5, 0.6) is 0 Å². The van der Waals surface area contributed by atoms with Gasteiger partial charge in [0.25, 0.3) is 10.0 Å². The van der Waals surface area contributed by atoms with Gasteiger partial charge in [0, 0.05) is 6.20 Å². The standard InChI is InChI=1S/C12H8ClFN2O4S/c13-11-5-7(3-4-15-11)16-21(19,20)8-1-2-10(14)9(6-8)12(17)18/h1-6H,(H,15,16)(H,17,18). The molecule has 110 valence electrons. The summed E-state index contributed by atoms with van der Waals surface area (Å²) in [7, 11) is -4.07. The second-order valence-electron chi connectivity index (χ2n) is 3.92. The van der Waals surface area contributed by atoms with Crippen molar-refractivity contribution in [1.29, 1.82) is 0 Å². The van der Waals surface area contributed by atoms with Crippen molar-refractivity contribution in [2.45, 2.75) is 4.90 Å². The van der Waals surface area contributed by atoms with E-state index in [1.165, 1.54) is 18.3 Å². The van der Waals surface area contributed by atoms with Crippen LogP contribution >= 0.6 is 11.6 Å². The molecule has 0 amide bonds. The van der Waals surface area contributed by atoms with Crippen molar-refractivity contribution in [2.75, 3.05) is 4.72 Å². The zero-order chi connectivity index (χ0) is 15.6. The first-order valence-corrected chi connectivity index (χ1v) is 7.33. The van der Waals surface area contributed by atoms with E-state index in [0.717, 1.165) is 18.2 Å². The SMILES string of the molecule is O=C(O)c1cc(S(=O)(=O)Nc2ccnc(Cl)c2)ccc1F. The molecule has 9 heteroatoms. The second-order valence-corrected chi connectivity index (χ2v) is 5.99. The third-order valence-corrected chi connectivity index (χ3v) is 4.04. The molecule has 2 N–H and O–H groups in total. The Morgan fingerprint density at radius 3 is 2.62 bits per heavy atom. The van der Waals surface area contributed by atoms with Crippen molar-refractivity contribution in [1.82, 2.24) is 4.98 Å². The average Bonchev–Trinajstić information content (AvgIpc) is 2.38. The highest BCUT2D eigenvalue weighted by atomic mass is 35.5. The van der Waals surface area contributed by atoms with Gasteiger partial charge in [-0.15, -0.1) is 0 Å². The van der Waals surface area contributed by atoms with Crippen LogP contribution in [0.1, 0.15) is 10.4 Å². The van der Waals surface area contributed by atoms with Crippen LogP contribution in [-0.4, -0.2) is 24.5 Å². The number of aromatic nitrogens is 1. The van der Waals surface area contributed by atoms with E-state index in [-0.39, 0.29) is 15.7 Å². The molecule has 1 aromatic carbocycles. The summed E-state index contributed by atoms with van der Waals surface area (Å²) < 4.78 is 39.7. The maximum atomic E-state index is 13.3. The van der Waals surface area contributed by atoms with Crippen molar-refractivity contribution in [2.24, 2.45) is 0 Å². The molecule has 0 unspecified atom stereocenters. The highest BCUT2D eigenvalue weighted by molar-refractivity contribution is 7.92. The molecule has 0 aliphatic carbocycles. The molecule has 0 aliphatic heterocycles. The Balaban J connectivity index is 2.40. The molecule has 2 rings (SSSR count). The number of benzene rings is 1. The lowest BCUT2D eigenvalue weighted by molar-refractivity contribution is 0.0691. The third-order valence-electron chi connectivity index (χ3n) is 2.46. The minimum Gasteiger partial charge on any atom is -0.478 e. The summed E-state index contributed by atoms with van der Waals surface area (Å²) in [5.41, 5.74) is -0.582. The molecule has 0 fully saturated rings. The molecule has 6 nitrogen and oxygen atoms in total. The van der Waals surface area contributed by atoms with Crippen LogP contribution in [0, 0.1) is 5.82 Å². The van der Waals surface area contributed by atoms with Crippen molar-refractivity contribution in [3.8, 4) is 0 Å². The number of rotatable bonds is 4. The fourth-order valence-electron chi connectivity index (χ4n) is 1.52. The van der Waals surface area contributed by atoms with Gasteiger partial charge in [-0.2, -0.15) is 0 Å². The van der Waals surface area contributed by atoms with Gasteiger partial charge in [0.2, 0.25) is 0 Å². The minimum atomic E-state index is -4.07. The normalized spacial score (nSPS) is 11.1. The van der Waals surface area contributed by atoms with Gasteiger partial charge in [-0.25, -0.2) is 22.6 Å². The smallest absolute Gasteiger partial charge is 0.338 e. The van der Waals surface area contributed by atoms with Crippen LogP contribution in [0.2, 0.25) is 5.15 Å². The zero-order valence-corrected chi connectivity index (χ0v) is 11.8. The lowest BCUT2D eigenvalue weighted by Gasteiger charge is -2.09. The lowest BCUT2D eigenvalue weighted by Crippen LogP contribution is -2.14. The van der Waals surface area contributed by atoms with Crippen molar-refractivity contribution in [3.05, 3.63) is 53.1 Å². The number of hydrogen-bond acceptors (Lipinski definition) is 4. The predicted molar refractivity (Wildman–Crippen MR) is 73.4 cm³/mol. The maximum Gasteiger partial charge on any atom is 0.338 e. The molecule has 0 saturated heterocycles. The minimum absolute atomic E-state index is 0.0838. The summed E-state index contributed by atoms with van der Waals surface area (Å²) in [6.07, 6.45) is 1.30. The van der Waals surface area contributed by atoms with Crippen molar-refractivity contribution in [3.63, 3.8) is 0 Å². The monoisotopic (exact) mass is 330 g/mol. The molecule has 1 heterocycles. The average molecular weight is 331 g/mol. The first-order chi connectivity index (χ1) is 9.79. The van der Waals surface area contributed by atoms with E-state index in [1.807, 2.05) is 0 Å². The van der Waals surface area contributed by atoms with E-state index in [9.17, 15) is 17.6 Å². The van der Waals surface area contributed by atoms with Crippen molar-refractivity contribution >= 4 is 33.3 Å². The van der Waals surface area contributed by atoms with Gasteiger partial charge in [0.1, 0.15) is 11.0 Å². The van der Waals surface area contributed by atoms with E-state index < -0.39 is 27.4 Å². The summed E-state index contributed by atoms with van der Waals surface area (Å²) in [6, 6.07) is 5.12. The summed E-state index contributed by atoms with van der Waals surface area (Å²) in [5, 5.41) is 8.88. The van der Waals surface area contributed by atoms with Crippen LogP contribution in [0.15, 0.2) is 41.4 Å². The molecular formula is C12H8ClFN2O4S. The van der Waals surface area contributed by atoms with Gasteiger partial charge < -0.3 is 5.11 Å². The molecular weight excluding hydrogens is 323 g/mol. The van der Waals surface area contributed by atoms with Gasteiger partial charge in [0.05, 0.1) is 16.1 Å². The van der Waals surface area contributed by atoms with Crippen LogP contribution in [0.4, 0.5) is 10.1 Å². The number of pyridine rings is 1. The van der Waals surface area contributed by atoms with Gasteiger partial charge in [0.15, 0.2) is 0 Å². The molecule has 0 atom stereocenters. The van der Waals surface area contributed by atoms with Gasteiger partial charge in [-0.3, -0.25) is 4.72 Å². The predicted octanol–water partition coefficient (Wildman–Crippen LogP) is 2.37. The van der Waals surface area contributed by atoms with E-state index in [1.54, 1.807) is 0 Å². The van der Waals surface area contributed by atoms with Crippen LogP contribution in [-0.2, 0) is 10.0 Å². The Morgan fingerprint density at radius 1 is 1.29 bits per heavy atom. The Hall–Kier alpha value is -2.19. The molecule has 0 aliphatic rings. The zero-order valence-electron chi connectivity index (χ0n) is 10.2. The first kappa shape index (κ1) is 15.2. The van der Waals surface area contributed by atoms with Crippen LogP contribution < -0.4 is 4.72 Å². The number of anilines is 1. The number of aromatic carboxylic acids is 1. The van der Waals surface area contributed by atoms with Gasteiger partial charge in [-0.05, 0) is 30.3 Å². The largest absolute Gasteiger partial charge is 0.478 e. The van der Waals surface area contributed by atoms with E-state index >= 15 is 0 Å². The summed E-state index contributed by atoms with van der Waals surface area (Å²) in [6.45, 7) is 0.